The molecule has 0 aromatic rings. The highest BCUT2D eigenvalue weighted by Crippen LogP contribution is 1.96. The number of nitrogens with one attached hydrogen (secondary N) is 1. The highest BCUT2D eigenvalue weighted by atomic mass is 16.3. The Balaban J connectivity index is 3.38. The molecule has 15 heavy (non-hydrogen) atoms. The Bertz CT molecular complexity index is 165. The van der Waals surface area contributed by atoms with E-state index in [1.54, 1.807) is 0 Å². The zero-order valence-electron chi connectivity index (χ0n) is 9.41. The lowest BCUT2D eigenvalue weighted by atomic mass is 10.2. The number of aliphatic hydroxyl groups excluding tert-OH is 2. The molecule has 0 spiro atoms. The summed E-state index contributed by atoms with van der Waals surface area (Å²) in [5, 5.41) is 19.7. The van der Waals surface area contributed by atoms with Crippen molar-refractivity contribution in [2.24, 2.45) is 0 Å². The number of carbonyl (C=O) groups excluding carboxylic acids is 1. The molecule has 5 heteroatoms. The summed E-state index contributed by atoms with van der Waals surface area (Å²) in [6.45, 7) is 1.75. The molecule has 0 aliphatic rings. The van der Waals surface area contributed by atoms with Crippen LogP contribution in [0, 0.1) is 0 Å². The van der Waals surface area contributed by atoms with Crippen LogP contribution >= 0.6 is 0 Å². The van der Waals surface area contributed by atoms with E-state index in [2.05, 4.69) is 5.32 Å². The summed E-state index contributed by atoms with van der Waals surface area (Å²) in [4.78, 5) is 13.1. The fraction of sp³-hybridized carbons (Fsp3) is 0.900. The number of amides is 1. The van der Waals surface area contributed by atoms with Crippen molar-refractivity contribution in [1.29, 1.82) is 0 Å². The van der Waals surface area contributed by atoms with E-state index in [4.69, 9.17) is 10.2 Å². The van der Waals surface area contributed by atoms with Crippen molar-refractivity contribution in [3.05, 3.63) is 0 Å². The van der Waals surface area contributed by atoms with Crippen molar-refractivity contribution in [2.45, 2.75) is 19.3 Å². The maximum Gasteiger partial charge on any atom is 0.234 e. The third-order valence-corrected chi connectivity index (χ3v) is 2.05. The Morgan fingerprint density at radius 2 is 1.93 bits per heavy atom. The van der Waals surface area contributed by atoms with Gasteiger partial charge < -0.3 is 15.5 Å². The van der Waals surface area contributed by atoms with Crippen molar-refractivity contribution < 1.29 is 15.0 Å². The van der Waals surface area contributed by atoms with E-state index in [0.717, 1.165) is 25.8 Å². The minimum absolute atomic E-state index is 0.0219. The zero-order chi connectivity index (χ0) is 11.5. The Kier molecular flexibility index (Phi) is 9.46. The van der Waals surface area contributed by atoms with Crippen LogP contribution in [0.3, 0.4) is 0 Å². The standard InChI is InChI=1S/C10H22N2O3/c1-12(6-3-2-4-7-13)9-10(15)11-5-8-14/h13-14H,2-9H2,1H3,(H,11,15). The largest absolute Gasteiger partial charge is 0.396 e. The quantitative estimate of drug-likeness (QED) is 0.443. The predicted octanol–water partition coefficient (Wildman–Crippen LogP) is -0.811. The Morgan fingerprint density at radius 3 is 2.53 bits per heavy atom. The molecule has 0 aromatic carbocycles. The molecule has 0 saturated carbocycles. The normalized spacial score (nSPS) is 10.7. The first kappa shape index (κ1) is 14.3. The molecule has 0 aliphatic carbocycles. The van der Waals surface area contributed by atoms with Crippen LogP contribution < -0.4 is 5.32 Å². The van der Waals surface area contributed by atoms with E-state index in [1.807, 2.05) is 11.9 Å². The monoisotopic (exact) mass is 218 g/mol. The summed E-state index contributed by atoms with van der Waals surface area (Å²) in [6, 6.07) is 0. The van der Waals surface area contributed by atoms with Crippen LogP contribution in [0.4, 0.5) is 0 Å². The van der Waals surface area contributed by atoms with E-state index < -0.39 is 0 Å². The van der Waals surface area contributed by atoms with Crippen LogP contribution in [0.25, 0.3) is 0 Å². The molecular weight excluding hydrogens is 196 g/mol. The van der Waals surface area contributed by atoms with Crippen LogP contribution in [-0.2, 0) is 4.79 Å². The second-order valence-corrected chi connectivity index (χ2v) is 3.60. The van der Waals surface area contributed by atoms with E-state index in [9.17, 15) is 4.79 Å². The minimum atomic E-state index is -0.0614. The summed E-state index contributed by atoms with van der Waals surface area (Å²) in [5.41, 5.74) is 0. The van der Waals surface area contributed by atoms with Gasteiger partial charge in [-0.25, -0.2) is 0 Å². The molecule has 0 saturated heterocycles. The van der Waals surface area contributed by atoms with Gasteiger partial charge in [-0.05, 0) is 32.9 Å². The highest BCUT2D eigenvalue weighted by Gasteiger charge is 2.04. The van der Waals surface area contributed by atoms with Gasteiger partial charge >= 0.3 is 0 Å². The number of hydrogen-bond acceptors (Lipinski definition) is 4. The zero-order valence-corrected chi connectivity index (χ0v) is 9.41. The van der Waals surface area contributed by atoms with Crippen LogP contribution in [-0.4, -0.2) is 60.9 Å². The Morgan fingerprint density at radius 1 is 1.20 bits per heavy atom. The summed E-state index contributed by atoms with van der Waals surface area (Å²) >= 11 is 0. The Labute approximate surface area is 91.1 Å². The summed E-state index contributed by atoms with van der Waals surface area (Å²) in [5.74, 6) is -0.0614. The summed E-state index contributed by atoms with van der Waals surface area (Å²) in [6.07, 6.45) is 2.80. The SMILES string of the molecule is CN(CCCCCO)CC(=O)NCCO. The average Bonchev–Trinajstić information content (AvgIpc) is 2.21. The Hall–Kier alpha value is -0.650. The molecule has 0 fully saturated rings. The summed E-state index contributed by atoms with van der Waals surface area (Å²) in [7, 11) is 1.89. The number of hydrogen-bond donors (Lipinski definition) is 3. The molecular formula is C10H22N2O3. The van der Waals surface area contributed by atoms with E-state index >= 15 is 0 Å². The molecule has 90 valence electrons. The van der Waals surface area contributed by atoms with Crippen LogP contribution in [0.2, 0.25) is 0 Å². The molecule has 0 unspecified atom stereocenters. The third kappa shape index (κ3) is 9.65. The maximum absolute atomic E-state index is 11.2. The van der Waals surface area contributed by atoms with Gasteiger partial charge in [0, 0.05) is 13.2 Å². The number of nitrogens with zero attached hydrogens (tertiary/aromatic N) is 1. The number of unbranched alkanes of at least 4 members (excludes halogenated alkanes) is 2. The van der Waals surface area contributed by atoms with Gasteiger partial charge in [-0.3, -0.25) is 9.69 Å². The number of rotatable bonds is 9. The first-order chi connectivity index (χ1) is 7.20. The molecule has 0 rings (SSSR count). The van der Waals surface area contributed by atoms with Crippen molar-refractivity contribution in [3.63, 3.8) is 0 Å². The van der Waals surface area contributed by atoms with Gasteiger partial charge in [0.25, 0.3) is 0 Å². The van der Waals surface area contributed by atoms with Crippen LogP contribution in [0.1, 0.15) is 19.3 Å². The van der Waals surface area contributed by atoms with Gasteiger partial charge in [-0.2, -0.15) is 0 Å². The van der Waals surface area contributed by atoms with Crippen molar-refractivity contribution in [3.8, 4) is 0 Å². The van der Waals surface area contributed by atoms with Crippen LogP contribution in [0.5, 0.6) is 0 Å². The molecule has 1 amide bonds. The molecule has 5 nitrogen and oxygen atoms in total. The lowest BCUT2D eigenvalue weighted by Gasteiger charge is -2.15. The maximum atomic E-state index is 11.2. The topological polar surface area (TPSA) is 72.8 Å². The lowest BCUT2D eigenvalue weighted by Crippen LogP contribution is -2.36. The highest BCUT2D eigenvalue weighted by molar-refractivity contribution is 5.77. The predicted molar refractivity (Wildman–Crippen MR) is 58.5 cm³/mol. The average molecular weight is 218 g/mol. The number of aliphatic hydroxyl groups is 2. The smallest absolute Gasteiger partial charge is 0.234 e. The minimum Gasteiger partial charge on any atom is -0.396 e. The van der Waals surface area contributed by atoms with Gasteiger partial charge in [-0.1, -0.05) is 0 Å². The van der Waals surface area contributed by atoms with E-state index in [0.29, 0.717) is 13.1 Å². The fourth-order valence-electron chi connectivity index (χ4n) is 1.25. The molecule has 0 radical (unpaired) electrons. The number of carbonyl (C=O) groups is 1. The molecule has 0 aromatic heterocycles. The first-order valence-electron chi connectivity index (χ1n) is 5.37. The molecule has 0 atom stereocenters. The molecule has 0 heterocycles. The molecule has 0 bridgehead atoms. The third-order valence-electron chi connectivity index (χ3n) is 2.05. The van der Waals surface area contributed by atoms with E-state index in [-0.39, 0.29) is 19.1 Å². The summed E-state index contributed by atoms with van der Waals surface area (Å²) < 4.78 is 0. The van der Waals surface area contributed by atoms with E-state index in [1.165, 1.54) is 0 Å². The second kappa shape index (κ2) is 9.89. The molecule has 0 aliphatic heterocycles. The second-order valence-electron chi connectivity index (χ2n) is 3.60. The fourth-order valence-corrected chi connectivity index (χ4v) is 1.25. The first-order valence-corrected chi connectivity index (χ1v) is 5.37. The van der Waals surface area contributed by atoms with Gasteiger partial charge in [0.2, 0.25) is 5.91 Å². The van der Waals surface area contributed by atoms with Gasteiger partial charge in [0.15, 0.2) is 0 Å². The lowest BCUT2D eigenvalue weighted by molar-refractivity contribution is -0.122. The van der Waals surface area contributed by atoms with Crippen LogP contribution in [0.15, 0.2) is 0 Å². The van der Waals surface area contributed by atoms with Gasteiger partial charge in [0.05, 0.1) is 13.2 Å². The molecule has 3 N–H and O–H groups in total. The van der Waals surface area contributed by atoms with Gasteiger partial charge in [-0.15, -0.1) is 0 Å². The van der Waals surface area contributed by atoms with Gasteiger partial charge in [0.1, 0.15) is 0 Å². The number of likely N-dealkylation sites (N-methyl/N-ethyl adjacent to an activating group) is 1. The van der Waals surface area contributed by atoms with Crippen molar-refractivity contribution in [2.75, 3.05) is 39.9 Å². The van der Waals surface area contributed by atoms with Crippen molar-refractivity contribution >= 4 is 5.91 Å². The van der Waals surface area contributed by atoms with Crippen molar-refractivity contribution in [1.82, 2.24) is 10.2 Å².